The molecule has 2 heterocycles. The van der Waals surface area contributed by atoms with Crippen molar-refractivity contribution >= 4 is 26.4 Å². The fourth-order valence-corrected chi connectivity index (χ4v) is 4.59. The molecule has 130 valence electrons. The molecule has 0 unspecified atom stereocenters. The number of halogens is 1. The van der Waals surface area contributed by atoms with Crippen LogP contribution in [-0.4, -0.2) is 39.6 Å². The predicted molar refractivity (Wildman–Crippen MR) is 95.2 cm³/mol. The van der Waals surface area contributed by atoms with E-state index in [0.29, 0.717) is 5.39 Å². The van der Waals surface area contributed by atoms with Crippen LogP contribution >= 0.6 is 0 Å². The number of aromatic nitrogens is 1. The Bertz CT molecular complexity index is 1010. The van der Waals surface area contributed by atoms with E-state index in [1.807, 2.05) is 18.2 Å². The number of anilines is 1. The largest absolute Gasteiger partial charge is 0.369 e. The number of hydrogen-bond donors (Lipinski definition) is 2. The minimum atomic E-state index is -3.72. The van der Waals surface area contributed by atoms with Gasteiger partial charge in [0.25, 0.3) is 0 Å². The summed E-state index contributed by atoms with van der Waals surface area (Å²) in [6.45, 7) is 3.59. The number of H-pyrrole nitrogens is 1. The van der Waals surface area contributed by atoms with Gasteiger partial charge in [-0.3, -0.25) is 0 Å². The summed E-state index contributed by atoms with van der Waals surface area (Å²) < 4.78 is 39.0. The Morgan fingerprint density at radius 1 is 1.00 bits per heavy atom. The first-order chi connectivity index (χ1) is 12.1. The quantitative estimate of drug-likeness (QED) is 0.706. The van der Waals surface area contributed by atoms with Crippen molar-refractivity contribution in [2.75, 3.05) is 31.1 Å². The molecule has 1 aliphatic heterocycles. The van der Waals surface area contributed by atoms with Crippen LogP contribution in [0.3, 0.4) is 0 Å². The lowest BCUT2D eigenvalue weighted by Gasteiger charge is -2.29. The van der Waals surface area contributed by atoms with Crippen molar-refractivity contribution in [1.82, 2.24) is 10.3 Å². The molecule has 5 nitrogen and oxygen atoms in total. The lowest BCUT2D eigenvalue weighted by molar-refractivity contribution is 0.589. The van der Waals surface area contributed by atoms with Gasteiger partial charge < -0.3 is 15.2 Å². The van der Waals surface area contributed by atoms with Crippen LogP contribution in [0, 0.1) is 5.82 Å². The lowest BCUT2D eigenvalue weighted by Crippen LogP contribution is -2.43. The fraction of sp³-hybridized carbons (Fsp3) is 0.222. The molecular formula is C18H18FN3O2S. The van der Waals surface area contributed by atoms with Gasteiger partial charge in [0.15, 0.2) is 0 Å². The van der Waals surface area contributed by atoms with Crippen molar-refractivity contribution in [2.24, 2.45) is 0 Å². The summed E-state index contributed by atoms with van der Waals surface area (Å²) in [4.78, 5) is 5.55. The normalized spacial score (nSPS) is 15.6. The average molecular weight is 359 g/mol. The maximum atomic E-state index is 13.1. The second-order valence-corrected chi connectivity index (χ2v) is 8.00. The van der Waals surface area contributed by atoms with E-state index >= 15 is 0 Å². The Hall–Kier alpha value is -2.38. The summed E-state index contributed by atoms with van der Waals surface area (Å²) in [5, 5.41) is 3.96. The third-order valence-corrected chi connectivity index (χ3v) is 6.33. The molecule has 0 radical (unpaired) electrons. The molecule has 1 fully saturated rings. The molecule has 0 aliphatic carbocycles. The Morgan fingerprint density at radius 3 is 2.44 bits per heavy atom. The smallest absolute Gasteiger partial charge is 0.208 e. The monoisotopic (exact) mass is 359 g/mol. The molecule has 7 heteroatoms. The summed E-state index contributed by atoms with van der Waals surface area (Å²) >= 11 is 0. The number of hydrogen-bond acceptors (Lipinski definition) is 4. The van der Waals surface area contributed by atoms with E-state index in [1.165, 1.54) is 18.3 Å². The summed E-state index contributed by atoms with van der Waals surface area (Å²) in [6.07, 6.45) is 1.50. The van der Waals surface area contributed by atoms with Crippen LogP contribution < -0.4 is 10.2 Å². The van der Waals surface area contributed by atoms with Gasteiger partial charge in [0, 0.05) is 49.0 Å². The van der Waals surface area contributed by atoms with Gasteiger partial charge in [-0.15, -0.1) is 0 Å². The van der Waals surface area contributed by atoms with Crippen molar-refractivity contribution in [3.63, 3.8) is 0 Å². The molecule has 0 saturated carbocycles. The second kappa shape index (κ2) is 6.16. The van der Waals surface area contributed by atoms with Crippen molar-refractivity contribution in [1.29, 1.82) is 0 Å². The zero-order valence-corrected chi connectivity index (χ0v) is 14.3. The van der Waals surface area contributed by atoms with Crippen LogP contribution in [0.15, 0.2) is 58.5 Å². The highest BCUT2D eigenvalue weighted by Gasteiger charge is 2.22. The SMILES string of the molecule is O=S(=O)(c1ccc(F)cc1)c1c[nH]c2ccc(N3CCNCC3)cc12. The molecule has 1 aromatic heterocycles. The molecule has 25 heavy (non-hydrogen) atoms. The van der Waals surface area contributed by atoms with E-state index in [9.17, 15) is 12.8 Å². The Balaban J connectivity index is 1.80. The summed E-state index contributed by atoms with van der Waals surface area (Å²) in [5.74, 6) is -0.459. The third kappa shape index (κ3) is 2.89. The number of benzene rings is 2. The van der Waals surface area contributed by atoms with Gasteiger partial charge in [-0.05, 0) is 42.5 Å². The van der Waals surface area contributed by atoms with E-state index in [2.05, 4.69) is 15.2 Å². The van der Waals surface area contributed by atoms with E-state index in [1.54, 1.807) is 0 Å². The number of sulfone groups is 1. The highest BCUT2D eigenvalue weighted by atomic mass is 32.2. The Morgan fingerprint density at radius 2 is 1.72 bits per heavy atom. The van der Waals surface area contributed by atoms with Crippen LogP contribution in [-0.2, 0) is 9.84 Å². The standard InChI is InChI=1S/C18H18FN3O2S/c19-13-1-4-15(5-2-13)25(23,24)18-12-21-17-6-3-14(11-16(17)18)22-9-7-20-8-10-22/h1-6,11-12,20-21H,7-10H2. The fourth-order valence-electron chi connectivity index (χ4n) is 3.17. The predicted octanol–water partition coefficient (Wildman–Crippen LogP) is 2.55. The van der Waals surface area contributed by atoms with E-state index in [4.69, 9.17) is 0 Å². The number of nitrogens with zero attached hydrogens (tertiary/aromatic N) is 1. The number of fused-ring (bicyclic) bond motifs is 1. The van der Waals surface area contributed by atoms with Crippen LogP contribution in [0.1, 0.15) is 0 Å². The average Bonchev–Trinajstić information content (AvgIpc) is 3.07. The lowest BCUT2D eigenvalue weighted by atomic mass is 10.2. The third-order valence-electron chi connectivity index (χ3n) is 4.52. The van der Waals surface area contributed by atoms with Gasteiger partial charge in [-0.2, -0.15) is 0 Å². The zero-order chi connectivity index (χ0) is 17.4. The molecule has 3 aromatic rings. The molecule has 4 rings (SSSR count). The molecule has 2 N–H and O–H groups in total. The minimum Gasteiger partial charge on any atom is -0.369 e. The topological polar surface area (TPSA) is 65.2 Å². The van der Waals surface area contributed by atoms with Crippen molar-refractivity contribution < 1.29 is 12.8 Å². The molecule has 1 aliphatic rings. The van der Waals surface area contributed by atoms with Gasteiger partial charge in [0.05, 0.1) is 9.79 Å². The minimum absolute atomic E-state index is 0.0855. The first-order valence-corrected chi connectivity index (χ1v) is 9.61. The molecule has 2 aromatic carbocycles. The zero-order valence-electron chi connectivity index (χ0n) is 13.5. The number of aromatic amines is 1. The molecule has 0 amide bonds. The van der Waals surface area contributed by atoms with Gasteiger partial charge in [0.1, 0.15) is 5.82 Å². The number of rotatable bonds is 3. The van der Waals surface area contributed by atoms with Crippen molar-refractivity contribution in [2.45, 2.75) is 9.79 Å². The van der Waals surface area contributed by atoms with Crippen LogP contribution in [0.2, 0.25) is 0 Å². The molecular weight excluding hydrogens is 341 g/mol. The van der Waals surface area contributed by atoms with Crippen LogP contribution in [0.25, 0.3) is 10.9 Å². The summed E-state index contributed by atoms with van der Waals surface area (Å²) in [7, 11) is -3.72. The Labute approximate surface area is 145 Å². The van der Waals surface area contributed by atoms with E-state index in [0.717, 1.165) is 49.5 Å². The van der Waals surface area contributed by atoms with Gasteiger partial charge in [-0.1, -0.05) is 0 Å². The highest BCUT2D eigenvalue weighted by Crippen LogP contribution is 2.31. The molecule has 0 bridgehead atoms. The van der Waals surface area contributed by atoms with Crippen LogP contribution in [0.4, 0.5) is 10.1 Å². The van der Waals surface area contributed by atoms with Gasteiger partial charge in [0.2, 0.25) is 9.84 Å². The number of nitrogens with one attached hydrogen (secondary N) is 2. The maximum Gasteiger partial charge on any atom is 0.208 e. The van der Waals surface area contributed by atoms with Gasteiger partial charge >= 0.3 is 0 Å². The first kappa shape index (κ1) is 16.1. The van der Waals surface area contributed by atoms with E-state index < -0.39 is 15.7 Å². The summed E-state index contributed by atoms with van der Waals surface area (Å²) in [5.41, 5.74) is 1.77. The molecule has 0 spiro atoms. The van der Waals surface area contributed by atoms with Crippen LogP contribution in [0.5, 0.6) is 0 Å². The molecule has 0 atom stereocenters. The first-order valence-electron chi connectivity index (χ1n) is 8.13. The summed E-state index contributed by atoms with van der Waals surface area (Å²) in [6, 6.07) is 10.7. The Kier molecular flexibility index (Phi) is 3.97. The van der Waals surface area contributed by atoms with E-state index in [-0.39, 0.29) is 9.79 Å². The maximum absolute atomic E-state index is 13.1. The molecule has 1 saturated heterocycles. The number of piperazine rings is 1. The van der Waals surface area contributed by atoms with Crippen molar-refractivity contribution in [3.8, 4) is 0 Å². The second-order valence-electron chi connectivity index (χ2n) is 6.08. The van der Waals surface area contributed by atoms with Gasteiger partial charge in [-0.25, -0.2) is 12.8 Å². The van der Waals surface area contributed by atoms with Crippen molar-refractivity contribution in [3.05, 3.63) is 54.5 Å². The highest BCUT2D eigenvalue weighted by molar-refractivity contribution is 7.91.